The van der Waals surface area contributed by atoms with Crippen LogP contribution in [0, 0.1) is 10.1 Å². The second-order valence-electron chi connectivity index (χ2n) is 6.19. The number of hydrogen-bond acceptors (Lipinski definition) is 5. The fraction of sp³-hybridized carbons (Fsp3) is 0.562. The van der Waals surface area contributed by atoms with Crippen LogP contribution in [0.4, 0.5) is 11.4 Å². The number of rotatable bonds is 4. The first-order valence-corrected chi connectivity index (χ1v) is 8.07. The number of nitro groups is 1. The number of carbonyl (C=O) groups is 1. The van der Waals surface area contributed by atoms with E-state index in [1.165, 1.54) is 12.1 Å². The van der Waals surface area contributed by atoms with Crippen LogP contribution < -0.4 is 10.2 Å². The predicted molar refractivity (Wildman–Crippen MR) is 87.5 cm³/mol. The second-order valence-corrected chi connectivity index (χ2v) is 6.19. The largest absolute Gasteiger partial charge is 0.316 e. The lowest BCUT2D eigenvalue weighted by Gasteiger charge is -2.35. The Kier molecular flexibility index (Phi) is 4.58. The zero-order valence-corrected chi connectivity index (χ0v) is 13.3. The normalized spacial score (nSPS) is 25.8. The highest BCUT2D eigenvalue weighted by Gasteiger charge is 2.38. The molecule has 0 saturated carbocycles. The SMILES string of the molecule is CNC1CCCN(C2CCN(c3cccc([N+](=O)[O-])c3)C2=O)C1. The van der Waals surface area contributed by atoms with E-state index in [1.54, 1.807) is 17.0 Å². The van der Waals surface area contributed by atoms with Gasteiger partial charge in [0, 0.05) is 31.3 Å². The van der Waals surface area contributed by atoms with Crippen LogP contribution in [0.2, 0.25) is 0 Å². The molecule has 0 aromatic heterocycles. The Morgan fingerprint density at radius 2 is 2.13 bits per heavy atom. The number of benzene rings is 1. The van der Waals surface area contributed by atoms with Crippen molar-refractivity contribution in [3.63, 3.8) is 0 Å². The number of likely N-dealkylation sites (N-methyl/N-ethyl adjacent to an activating group) is 1. The van der Waals surface area contributed by atoms with Gasteiger partial charge >= 0.3 is 0 Å². The Bertz CT molecular complexity index is 607. The predicted octanol–water partition coefficient (Wildman–Crippen LogP) is 1.38. The molecule has 7 nitrogen and oxygen atoms in total. The molecule has 1 amide bonds. The smallest absolute Gasteiger partial charge is 0.271 e. The van der Waals surface area contributed by atoms with Crippen molar-refractivity contribution < 1.29 is 9.72 Å². The molecule has 2 aliphatic heterocycles. The van der Waals surface area contributed by atoms with E-state index >= 15 is 0 Å². The Balaban J connectivity index is 1.74. The first kappa shape index (κ1) is 15.9. The number of carbonyl (C=O) groups excluding carboxylic acids is 1. The number of non-ortho nitro benzene ring substituents is 1. The third kappa shape index (κ3) is 3.20. The molecule has 0 aliphatic carbocycles. The summed E-state index contributed by atoms with van der Waals surface area (Å²) in [7, 11) is 1.96. The van der Waals surface area contributed by atoms with Gasteiger partial charge in [0.2, 0.25) is 5.91 Å². The van der Waals surface area contributed by atoms with E-state index in [9.17, 15) is 14.9 Å². The Morgan fingerprint density at radius 1 is 1.30 bits per heavy atom. The van der Waals surface area contributed by atoms with Crippen LogP contribution in [0.1, 0.15) is 19.3 Å². The summed E-state index contributed by atoms with van der Waals surface area (Å²) < 4.78 is 0. The van der Waals surface area contributed by atoms with Crippen molar-refractivity contribution in [2.45, 2.75) is 31.3 Å². The molecule has 3 rings (SSSR count). The summed E-state index contributed by atoms with van der Waals surface area (Å²) in [5.41, 5.74) is 0.640. The number of amides is 1. The molecule has 2 unspecified atom stereocenters. The van der Waals surface area contributed by atoms with Crippen LogP contribution >= 0.6 is 0 Å². The Labute approximate surface area is 135 Å². The standard InChI is InChI=1S/C16H22N4O3/c1-17-12-4-3-8-18(11-12)15-7-9-19(16(15)21)13-5-2-6-14(10-13)20(22)23/h2,5-6,10,12,15,17H,3-4,7-9,11H2,1H3. The molecule has 2 fully saturated rings. The van der Waals surface area contributed by atoms with Crippen LogP contribution in [0.3, 0.4) is 0 Å². The monoisotopic (exact) mass is 318 g/mol. The zero-order valence-electron chi connectivity index (χ0n) is 13.3. The number of hydrogen-bond donors (Lipinski definition) is 1. The highest BCUT2D eigenvalue weighted by molar-refractivity contribution is 5.99. The molecule has 23 heavy (non-hydrogen) atoms. The highest BCUT2D eigenvalue weighted by Crippen LogP contribution is 2.28. The van der Waals surface area contributed by atoms with Crippen molar-refractivity contribution in [3.8, 4) is 0 Å². The van der Waals surface area contributed by atoms with Crippen LogP contribution in [-0.2, 0) is 4.79 Å². The molecule has 124 valence electrons. The molecule has 2 heterocycles. The quantitative estimate of drug-likeness (QED) is 0.670. The molecule has 2 saturated heterocycles. The molecular formula is C16H22N4O3. The summed E-state index contributed by atoms with van der Waals surface area (Å²) in [6.45, 7) is 2.44. The van der Waals surface area contributed by atoms with Gasteiger partial charge in [0.05, 0.1) is 16.7 Å². The Morgan fingerprint density at radius 3 is 2.87 bits per heavy atom. The molecule has 7 heteroatoms. The highest BCUT2D eigenvalue weighted by atomic mass is 16.6. The number of nitro benzene ring substituents is 1. The lowest BCUT2D eigenvalue weighted by Crippen LogP contribution is -2.51. The van der Waals surface area contributed by atoms with Gasteiger partial charge in [-0.3, -0.25) is 19.8 Å². The molecule has 0 bridgehead atoms. The van der Waals surface area contributed by atoms with E-state index in [-0.39, 0.29) is 17.6 Å². The Hall–Kier alpha value is -1.99. The van der Waals surface area contributed by atoms with E-state index < -0.39 is 4.92 Å². The van der Waals surface area contributed by atoms with E-state index in [0.717, 1.165) is 32.4 Å². The van der Waals surface area contributed by atoms with Gasteiger partial charge in [-0.1, -0.05) is 6.07 Å². The van der Waals surface area contributed by atoms with Crippen molar-refractivity contribution in [2.24, 2.45) is 0 Å². The molecule has 1 aromatic carbocycles. The summed E-state index contributed by atoms with van der Waals surface area (Å²) >= 11 is 0. The van der Waals surface area contributed by atoms with Crippen LogP contribution in [0.25, 0.3) is 0 Å². The zero-order chi connectivity index (χ0) is 16.4. The fourth-order valence-electron chi connectivity index (χ4n) is 3.56. The lowest BCUT2D eigenvalue weighted by molar-refractivity contribution is -0.384. The first-order chi connectivity index (χ1) is 11.1. The van der Waals surface area contributed by atoms with Gasteiger partial charge in [-0.2, -0.15) is 0 Å². The summed E-state index contributed by atoms with van der Waals surface area (Å²) in [6.07, 6.45) is 3.01. The minimum absolute atomic E-state index is 0.0203. The maximum Gasteiger partial charge on any atom is 0.271 e. The molecule has 2 aliphatic rings. The van der Waals surface area contributed by atoms with E-state index in [4.69, 9.17) is 0 Å². The van der Waals surface area contributed by atoms with E-state index in [1.807, 2.05) is 7.05 Å². The molecule has 1 N–H and O–H groups in total. The summed E-state index contributed by atoms with van der Waals surface area (Å²) in [6, 6.07) is 6.65. The molecule has 0 radical (unpaired) electrons. The first-order valence-electron chi connectivity index (χ1n) is 8.07. The van der Waals surface area contributed by atoms with Gasteiger partial charge in [-0.25, -0.2) is 0 Å². The van der Waals surface area contributed by atoms with Crippen LogP contribution in [0.5, 0.6) is 0 Å². The average Bonchev–Trinajstić information content (AvgIpc) is 2.96. The maximum atomic E-state index is 12.8. The lowest BCUT2D eigenvalue weighted by atomic mass is 10.0. The number of piperidine rings is 1. The molecule has 2 atom stereocenters. The number of nitrogens with one attached hydrogen (secondary N) is 1. The van der Waals surface area contributed by atoms with Gasteiger partial charge in [0.25, 0.3) is 5.69 Å². The van der Waals surface area contributed by atoms with Gasteiger partial charge in [-0.05, 0) is 38.9 Å². The minimum Gasteiger partial charge on any atom is -0.316 e. The summed E-state index contributed by atoms with van der Waals surface area (Å²) in [4.78, 5) is 27.2. The van der Waals surface area contributed by atoms with Crippen molar-refractivity contribution in [1.82, 2.24) is 10.2 Å². The van der Waals surface area contributed by atoms with Gasteiger partial charge in [-0.15, -0.1) is 0 Å². The minimum atomic E-state index is -0.427. The van der Waals surface area contributed by atoms with Crippen molar-refractivity contribution >= 4 is 17.3 Å². The molecule has 1 aromatic rings. The summed E-state index contributed by atoms with van der Waals surface area (Å²) in [5.74, 6) is 0.0576. The van der Waals surface area contributed by atoms with Gasteiger partial charge in [0.1, 0.15) is 0 Å². The molecule has 0 spiro atoms. The van der Waals surface area contributed by atoms with Crippen LogP contribution in [-0.4, -0.2) is 54.5 Å². The second kappa shape index (κ2) is 6.64. The third-order valence-electron chi connectivity index (χ3n) is 4.83. The fourth-order valence-corrected chi connectivity index (χ4v) is 3.56. The van der Waals surface area contributed by atoms with Crippen molar-refractivity contribution in [2.75, 3.05) is 31.6 Å². The topological polar surface area (TPSA) is 78.7 Å². The van der Waals surface area contributed by atoms with Gasteiger partial charge < -0.3 is 10.2 Å². The van der Waals surface area contributed by atoms with Crippen LogP contribution in [0.15, 0.2) is 24.3 Å². The van der Waals surface area contributed by atoms with E-state index in [2.05, 4.69) is 10.2 Å². The van der Waals surface area contributed by atoms with Gasteiger partial charge in [0.15, 0.2) is 0 Å². The van der Waals surface area contributed by atoms with Crippen molar-refractivity contribution in [3.05, 3.63) is 34.4 Å². The molecular weight excluding hydrogens is 296 g/mol. The third-order valence-corrected chi connectivity index (χ3v) is 4.83. The maximum absolute atomic E-state index is 12.8. The number of nitrogens with zero attached hydrogens (tertiary/aromatic N) is 3. The van der Waals surface area contributed by atoms with E-state index in [0.29, 0.717) is 18.3 Å². The average molecular weight is 318 g/mol. The number of anilines is 1. The number of likely N-dealkylation sites (tertiary alicyclic amines) is 1. The summed E-state index contributed by atoms with van der Waals surface area (Å²) in [5, 5.41) is 14.2. The van der Waals surface area contributed by atoms with Crippen molar-refractivity contribution in [1.29, 1.82) is 0 Å².